The highest BCUT2D eigenvalue weighted by molar-refractivity contribution is 5.97. The fraction of sp³-hybridized carbons (Fsp3) is 0.318. The Morgan fingerprint density at radius 2 is 1.79 bits per heavy atom. The van der Waals surface area contributed by atoms with Crippen LogP contribution in [0.1, 0.15) is 33.8 Å². The highest BCUT2D eigenvalue weighted by Crippen LogP contribution is 2.34. The highest BCUT2D eigenvalue weighted by Gasteiger charge is 2.33. The number of imidazole rings is 1. The van der Waals surface area contributed by atoms with Gasteiger partial charge in [-0.25, -0.2) is 4.98 Å². The number of H-pyrrole nitrogens is 1. The summed E-state index contributed by atoms with van der Waals surface area (Å²) in [4.78, 5) is 36.9. The first-order valence-corrected chi connectivity index (χ1v) is 9.80. The number of carbonyl (C=O) groups is 2. The van der Waals surface area contributed by atoms with Gasteiger partial charge in [0, 0.05) is 31.7 Å². The minimum absolute atomic E-state index is 0.00908. The Kier molecular flexibility index (Phi) is 4.11. The van der Waals surface area contributed by atoms with E-state index >= 15 is 0 Å². The number of aryl methyl sites for hydroxylation is 1. The number of benzene rings is 2. The lowest BCUT2D eigenvalue weighted by Gasteiger charge is -2.36. The van der Waals surface area contributed by atoms with E-state index in [1.54, 1.807) is 6.33 Å². The standard InChI is InChI=1S/C22H22N4O2/c27-21(16-6-8-19-20(13-16)24-14-23-19)25-9-11-26(12-10-25)22(28)18-7-5-15-3-1-2-4-17(15)18/h1-4,6,8,13-14,18H,5,7,9-12H2,(H,23,24). The van der Waals surface area contributed by atoms with Gasteiger partial charge in [-0.05, 0) is 42.2 Å². The van der Waals surface area contributed by atoms with Crippen molar-refractivity contribution in [1.82, 2.24) is 19.8 Å². The molecule has 1 aliphatic carbocycles. The second-order valence-corrected chi connectivity index (χ2v) is 7.54. The lowest BCUT2D eigenvalue weighted by atomic mass is 9.99. The predicted octanol–water partition coefficient (Wildman–Crippen LogP) is 2.58. The molecule has 1 aromatic heterocycles. The number of aromatic nitrogens is 2. The number of rotatable bonds is 2. The summed E-state index contributed by atoms with van der Waals surface area (Å²) >= 11 is 0. The Morgan fingerprint density at radius 3 is 2.64 bits per heavy atom. The third-order valence-corrected chi connectivity index (χ3v) is 5.98. The summed E-state index contributed by atoms with van der Waals surface area (Å²) in [5, 5.41) is 0. The maximum Gasteiger partial charge on any atom is 0.254 e. The Bertz CT molecular complexity index is 1050. The zero-order valence-corrected chi connectivity index (χ0v) is 15.6. The lowest BCUT2D eigenvalue weighted by molar-refractivity contribution is -0.134. The smallest absolute Gasteiger partial charge is 0.254 e. The van der Waals surface area contributed by atoms with Gasteiger partial charge < -0.3 is 14.8 Å². The molecule has 1 aliphatic heterocycles. The van der Waals surface area contributed by atoms with Gasteiger partial charge in [-0.1, -0.05) is 24.3 Å². The molecule has 6 heteroatoms. The van der Waals surface area contributed by atoms with Crippen LogP contribution in [0.25, 0.3) is 11.0 Å². The van der Waals surface area contributed by atoms with Gasteiger partial charge in [0.25, 0.3) is 5.91 Å². The third-order valence-electron chi connectivity index (χ3n) is 5.98. The number of hydrogen-bond donors (Lipinski definition) is 1. The van der Waals surface area contributed by atoms with Crippen LogP contribution in [0, 0.1) is 0 Å². The first kappa shape index (κ1) is 17.0. The maximum absolute atomic E-state index is 13.0. The lowest BCUT2D eigenvalue weighted by Crippen LogP contribution is -2.51. The van der Waals surface area contributed by atoms with Crippen molar-refractivity contribution in [2.24, 2.45) is 0 Å². The zero-order valence-electron chi connectivity index (χ0n) is 15.6. The van der Waals surface area contributed by atoms with Crippen LogP contribution in [-0.4, -0.2) is 57.8 Å². The maximum atomic E-state index is 13.0. The highest BCUT2D eigenvalue weighted by atomic mass is 16.2. The normalized spacial score (nSPS) is 19.1. The van der Waals surface area contributed by atoms with Crippen molar-refractivity contribution in [2.45, 2.75) is 18.8 Å². The van der Waals surface area contributed by atoms with E-state index in [9.17, 15) is 9.59 Å². The number of hydrogen-bond acceptors (Lipinski definition) is 3. The molecule has 28 heavy (non-hydrogen) atoms. The summed E-state index contributed by atoms with van der Waals surface area (Å²) in [5.41, 5.74) is 4.84. The fourth-order valence-electron chi connectivity index (χ4n) is 4.42. The number of aromatic amines is 1. The predicted molar refractivity (Wildman–Crippen MR) is 106 cm³/mol. The Morgan fingerprint density at radius 1 is 1.00 bits per heavy atom. The van der Waals surface area contributed by atoms with Crippen LogP contribution in [0.5, 0.6) is 0 Å². The molecule has 1 fully saturated rings. The molecule has 2 aromatic carbocycles. The number of nitrogens with zero attached hydrogens (tertiary/aromatic N) is 3. The number of piperazine rings is 1. The third kappa shape index (κ3) is 2.85. The second kappa shape index (κ2) is 6.78. The van der Waals surface area contributed by atoms with Gasteiger partial charge in [-0.2, -0.15) is 0 Å². The minimum atomic E-state index is -0.0266. The van der Waals surface area contributed by atoms with Crippen molar-refractivity contribution in [1.29, 1.82) is 0 Å². The summed E-state index contributed by atoms with van der Waals surface area (Å²) in [6.07, 6.45) is 3.49. The quantitative estimate of drug-likeness (QED) is 0.750. The molecule has 1 unspecified atom stereocenters. The van der Waals surface area contributed by atoms with E-state index < -0.39 is 0 Å². The molecular weight excluding hydrogens is 352 g/mol. The van der Waals surface area contributed by atoms with Crippen molar-refractivity contribution in [3.05, 3.63) is 65.5 Å². The zero-order chi connectivity index (χ0) is 19.1. The van der Waals surface area contributed by atoms with E-state index in [-0.39, 0.29) is 17.7 Å². The Labute approximate surface area is 163 Å². The fourth-order valence-corrected chi connectivity index (χ4v) is 4.42. The van der Waals surface area contributed by atoms with Crippen LogP contribution in [0.3, 0.4) is 0 Å². The molecular formula is C22H22N4O2. The Hall–Kier alpha value is -3.15. The number of nitrogens with one attached hydrogen (secondary N) is 1. The van der Waals surface area contributed by atoms with E-state index in [2.05, 4.69) is 22.1 Å². The molecule has 0 saturated carbocycles. The van der Waals surface area contributed by atoms with Crippen molar-refractivity contribution in [3.8, 4) is 0 Å². The Balaban J connectivity index is 1.25. The molecule has 0 radical (unpaired) electrons. The summed E-state index contributed by atoms with van der Waals surface area (Å²) in [6, 6.07) is 13.8. The molecule has 1 atom stereocenters. The van der Waals surface area contributed by atoms with Gasteiger partial charge >= 0.3 is 0 Å². The van der Waals surface area contributed by atoms with Crippen LogP contribution >= 0.6 is 0 Å². The van der Waals surface area contributed by atoms with Gasteiger partial charge in [0.05, 0.1) is 23.3 Å². The van der Waals surface area contributed by atoms with E-state index in [1.165, 1.54) is 11.1 Å². The van der Waals surface area contributed by atoms with E-state index in [1.807, 2.05) is 40.1 Å². The topological polar surface area (TPSA) is 69.3 Å². The molecule has 2 amide bonds. The van der Waals surface area contributed by atoms with Crippen LogP contribution < -0.4 is 0 Å². The first-order chi connectivity index (χ1) is 13.7. The van der Waals surface area contributed by atoms with Crippen molar-refractivity contribution < 1.29 is 9.59 Å². The molecule has 3 aromatic rings. The average molecular weight is 374 g/mol. The van der Waals surface area contributed by atoms with Crippen molar-refractivity contribution >= 4 is 22.8 Å². The molecule has 2 heterocycles. The van der Waals surface area contributed by atoms with Crippen LogP contribution in [0.15, 0.2) is 48.8 Å². The number of amides is 2. The minimum Gasteiger partial charge on any atom is -0.345 e. The van der Waals surface area contributed by atoms with E-state index in [0.29, 0.717) is 31.7 Å². The first-order valence-electron chi connectivity index (χ1n) is 9.80. The molecule has 6 nitrogen and oxygen atoms in total. The molecule has 1 N–H and O–H groups in total. The summed E-state index contributed by atoms with van der Waals surface area (Å²) in [6.45, 7) is 2.32. The molecule has 5 rings (SSSR count). The van der Waals surface area contributed by atoms with Crippen molar-refractivity contribution in [2.75, 3.05) is 26.2 Å². The van der Waals surface area contributed by atoms with Crippen LogP contribution in [-0.2, 0) is 11.2 Å². The number of fused-ring (bicyclic) bond motifs is 2. The summed E-state index contributed by atoms with van der Waals surface area (Å²) in [7, 11) is 0. The van der Waals surface area contributed by atoms with Gasteiger partial charge in [-0.15, -0.1) is 0 Å². The van der Waals surface area contributed by atoms with E-state index in [4.69, 9.17) is 0 Å². The molecule has 0 spiro atoms. The van der Waals surface area contributed by atoms with Crippen LogP contribution in [0.4, 0.5) is 0 Å². The molecule has 2 aliphatic rings. The number of carbonyl (C=O) groups excluding carboxylic acids is 2. The second-order valence-electron chi connectivity index (χ2n) is 7.54. The average Bonchev–Trinajstić information content (AvgIpc) is 3.39. The molecule has 1 saturated heterocycles. The molecule has 142 valence electrons. The van der Waals surface area contributed by atoms with Gasteiger partial charge in [-0.3, -0.25) is 9.59 Å². The van der Waals surface area contributed by atoms with Gasteiger partial charge in [0.15, 0.2) is 0 Å². The summed E-state index contributed by atoms with van der Waals surface area (Å²) < 4.78 is 0. The SMILES string of the molecule is O=C(c1ccc2nc[nH]c2c1)N1CCN(C(=O)C2CCc3ccccc32)CC1. The largest absolute Gasteiger partial charge is 0.345 e. The van der Waals surface area contributed by atoms with Gasteiger partial charge in [0.2, 0.25) is 5.91 Å². The van der Waals surface area contributed by atoms with Crippen molar-refractivity contribution in [3.63, 3.8) is 0 Å². The van der Waals surface area contributed by atoms with E-state index in [0.717, 1.165) is 23.9 Å². The summed E-state index contributed by atoms with van der Waals surface area (Å²) in [5.74, 6) is 0.187. The van der Waals surface area contributed by atoms with Crippen LogP contribution in [0.2, 0.25) is 0 Å². The monoisotopic (exact) mass is 374 g/mol. The molecule has 0 bridgehead atoms. The van der Waals surface area contributed by atoms with Gasteiger partial charge in [0.1, 0.15) is 0 Å².